The number of aromatic nitrogens is 1. The van der Waals surface area contributed by atoms with E-state index in [0.29, 0.717) is 34.2 Å². The molecule has 10 nitrogen and oxygen atoms in total. The summed E-state index contributed by atoms with van der Waals surface area (Å²) in [7, 11) is 1.52. The lowest BCUT2D eigenvalue weighted by atomic mass is 9.95. The Labute approximate surface area is 257 Å². The first-order valence-corrected chi connectivity index (χ1v) is 14.8. The highest BCUT2D eigenvalue weighted by Crippen LogP contribution is 2.36. The van der Waals surface area contributed by atoms with Crippen LogP contribution in [0.4, 0.5) is 5.69 Å². The Morgan fingerprint density at radius 1 is 1.09 bits per heavy atom. The molecule has 1 aromatic heterocycles. The Bertz CT molecular complexity index is 1930. The van der Waals surface area contributed by atoms with Crippen molar-refractivity contribution in [1.82, 2.24) is 4.57 Å². The highest BCUT2D eigenvalue weighted by Gasteiger charge is 2.34. The number of fused-ring (bicyclic) bond motifs is 1. The molecule has 0 radical (unpaired) electrons. The van der Waals surface area contributed by atoms with E-state index in [-0.39, 0.29) is 33.9 Å². The van der Waals surface area contributed by atoms with Gasteiger partial charge in [-0.1, -0.05) is 73.7 Å². The summed E-state index contributed by atoms with van der Waals surface area (Å²) in [6.07, 6.45) is 1.48. The van der Waals surface area contributed by atoms with Crippen LogP contribution in [0.5, 0.6) is 11.5 Å². The van der Waals surface area contributed by atoms with Gasteiger partial charge in [-0.15, -0.1) is 0 Å². The molecule has 0 aliphatic carbocycles. The number of esters is 1. The molecule has 2 heterocycles. The maximum absolute atomic E-state index is 14.0. The number of hydrogen-bond acceptors (Lipinski definition) is 9. The van der Waals surface area contributed by atoms with Crippen LogP contribution in [0.1, 0.15) is 43.5 Å². The van der Waals surface area contributed by atoms with Gasteiger partial charge in [0.1, 0.15) is 6.61 Å². The molecule has 226 valence electrons. The summed E-state index contributed by atoms with van der Waals surface area (Å²) in [5.74, 6) is 0.433. The fourth-order valence-electron chi connectivity index (χ4n) is 4.84. The van der Waals surface area contributed by atoms with Crippen molar-refractivity contribution < 1.29 is 23.9 Å². The van der Waals surface area contributed by atoms with Gasteiger partial charge in [-0.2, -0.15) is 0 Å². The van der Waals surface area contributed by atoms with E-state index in [2.05, 4.69) is 4.99 Å². The quantitative estimate of drug-likeness (QED) is 0.141. The number of nitrogens with zero attached hydrogens (tertiary/aromatic N) is 3. The number of nitro groups is 1. The van der Waals surface area contributed by atoms with Gasteiger partial charge in [-0.3, -0.25) is 19.5 Å². The number of methoxy groups -OCH3 is 1. The zero-order chi connectivity index (χ0) is 31.4. The molecule has 0 bridgehead atoms. The molecule has 0 spiro atoms. The third kappa shape index (κ3) is 6.32. The topological polar surface area (TPSA) is 122 Å². The van der Waals surface area contributed by atoms with Crippen molar-refractivity contribution in [3.63, 3.8) is 0 Å². The zero-order valence-corrected chi connectivity index (χ0v) is 25.5. The molecule has 1 aliphatic heterocycles. The smallest absolute Gasteiger partial charge is 0.338 e. The number of thiazole rings is 1. The van der Waals surface area contributed by atoms with Crippen molar-refractivity contribution in [3.8, 4) is 11.5 Å². The molecule has 5 rings (SSSR count). The summed E-state index contributed by atoms with van der Waals surface area (Å²) >= 11 is 1.09. The lowest BCUT2D eigenvalue weighted by molar-refractivity contribution is -0.385. The van der Waals surface area contributed by atoms with E-state index in [1.54, 1.807) is 43.3 Å². The first-order valence-electron chi connectivity index (χ1n) is 14.0. The van der Waals surface area contributed by atoms with Gasteiger partial charge in [0.15, 0.2) is 16.3 Å². The lowest BCUT2D eigenvalue weighted by Crippen LogP contribution is -2.40. The standard InChI is InChI=1S/C33H31N3O7S/c1-20(2)18-43-32(38)29-21(3)34-33-35(31(37)28(44-33)17-23-12-8-9-13-25(23)36(39)40)30(29)24-14-15-26(27(16-24)41-4)42-19-22-10-6-5-7-11-22/h5-17,20,30H,18-19H2,1-4H3/b28-17-. The van der Waals surface area contributed by atoms with E-state index in [9.17, 15) is 19.7 Å². The second kappa shape index (κ2) is 13.1. The number of rotatable bonds is 10. The van der Waals surface area contributed by atoms with Crippen LogP contribution in [0, 0.1) is 16.0 Å². The maximum Gasteiger partial charge on any atom is 0.338 e. The maximum atomic E-state index is 14.0. The molecule has 1 atom stereocenters. The average Bonchev–Trinajstić information content (AvgIpc) is 3.32. The molecule has 0 amide bonds. The molecule has 1 aliphatic rings. The number of hydrogen-bond donors (Lipinski definition) is 0. The predicted molar refractivity (Wildman–Crippen MR) is 166 cm³/mol. The average molecular weight is 614 g/mol. The number of ether oxygens (including phenoxy) is 3. The van der Waals surface area contributed by atoms with Gasteiger partial charge in [0.05, 0.1) is 46.0 Å². The van der Waals surface area contributed by atoms with Gasteiger partial charge in [-0.25, -0.2) is 9.79 Å². The third-order valence-electron chi connectivity index (χ3n) is 6.95. The van der Waals surface area contributed by atoms with Crippen LogP contribution in [0.2, 0.25) is 0 Å². The second-order valence-corrected chi connectivity index (χ2v) is 11.6. The molecule has 0 fully saturated rings. The van der Waals surface area contributed by atoms with E-state index >= 15 is 0 Å². The molecule has 0 saturated heterocycles. The number of benzene rings is 3. The van der Waals surface area contributed by atoms with Crippen LogP contribution >= 0.6 is 11.3 Å². The summed E-state index contributed by atoms with van der Waals surface area (Å²) in [4.78, 5) is 43.6. The van der Waals surface area contributed by atoms with Crippen molar-refractivity contribution in [3.05, 3.63) is 131 Å². The normalized spacial score (nSPS) is 14.7. The summed E-state index contributed by atoms with van der Waals surface area (Å²) < 4.78 is 19.0. The number of nitro benzene ring substituents is 1. The van der Waals surface area contributed by atoms with Gasteiger partial charge in [0.2, 0.25) is 0 Å². The van der Waals surface area contributed by atoms with Gasteiger partial charge >= 0.3 is 5.97 Å². The Kier molecular flexibility index (Phi) is 9.05. The van der Waals surface area contributed by atoms with Crippen LogP contribution < -0.4 is 24.4 Å². The van der Waals surface area contributed by atoms with Gasteiger partial charge in [0, 0.05) is 6.07 Å². The van der Waals surface area contributed by atoms with Crippen molar-refractivity contribution in [2.24, 2.45) is 10.9 Å². The molecule has 1 unspecified atom stereocenters. The molecule has 44 heavy (non-hydrogen) atoms. The van der Waals surface area contributed by atoms with Crippen LogP contribution in [0.15, 0.2) is 93.9 Å². The third-order valence-corrected chi connectivity index (χ3v) is 7.93. The van der Waals surface area contributed by atoms with Gasteiger partial charge in [-0.05, 0) is 48.2 Å². The van der Waals surface area contributed by atoms with E-state index in [1.165, 1.54) is 23.8 Å². The summed E-state index contributed by atoms with van der Waals surface area (Å²) in [6, 6.07) is 20.3. The van der Waals surface area contributed by atoms with Crippen molar-refractivity contribution in [2.45, 2.75) is 33.4 Å². The van der Waals surface area contributed by atoms with Crippen molar-refractivity contribution in [1.29, 1.82) is 0 Å². The number of carbonyl (C=O) groups is 1. The fraction of sp³-hybridized carbons (Fsp3) is 0.242. The van der Waals surface area contributed by atoms with Crippen LogP contribution in [0.3, 0.4) is 0 Å². The second-order valence-electron chi connectivity index (χ2n) is 10.6. The monoisotopic (exact) mass is 613 g/mol. The number of para-hydroxylation sites is 1. The molecular weight excluding hydrogens is 582 g/mol. The Morgan fingerprint density at radius 2 is 1.82 bits per heavy atom. The largest absolute Gasteiger partial charge is 0.493 e. The summed E-state index contributed by atoms with van der Waals surface area (Å²) in [5.41, 5.74) is 1.91. The van der Waals surface area contributed by atoms with Crippen LogP contribution in [0.25, 0.3) is 6.08 Å². The predicted octanol–water partition coefficient (Wildman–Crippen LogP) is 4.93. The highest BCUT2D eigenvalue weighted by molar-refractivity contribution is 7.07. The summed E-state index contributed by atoms with van der Waals surface area (Å²) in [6.45, 7) is 6.08. The summed E-state index contributed by atoms with van der Waals surface area (Å²) in [5, 5.41) is 11.6. The van der Waals surface area contributed by atoms with Crippen LogP contribution in [-0.4, -0.2) is 29.2 Å². The molecule has 4 aromatic rings. The minimum atomic E-state index is -0.893. The van der Waals surface area contributed by atoms with Crippen molar-refractivity contribution >= 4 is 29.1 Å². The Morgan fingerprint density at radius 3 is 2.52 bits per heavy atom. The van der Waals surface area contributed by atoms with E-state index in [1.807, 2.05) is 44.2 Å². The van der Waals surface area contributed by atoms with E-state index in [4.69, 9.17) is 14.2 Å². The van der Waals surface area contributed by atoms with Gasteiger partial charge < -0.3 is 14.2 Å². The molecular formula is C33H31N3O7S. The SMILES string of the molecule is COc1cc(C2C(C(=O)OCC(C)C)=C(C)N=c3s/c(=C\c4ccccc4[N+](=O)[O-])c(=O)n32)ccc1OCc1ccccc1. The van der Waals surface area contributed by atoms with Crippen molar-refractivity contribution in [2.75, 3.05) is 13.7 Å². The van der Waals surface area contributed by atoms with E-state index < -0.39 is 22.5 Å². The molecule has 0 N–H and O–H groups in total. The molecule has 3 aromatic carbocycles. The van der Waals surface area contributed by atoms with Crippen LogP contribution in [-0.2, 0) is 16.1 Å². The number of allylic oxidation sites excluding steroid dienone is 1. The van der Waals surface area contributed by atoms with E-state index in [0.717, 1.165) is 16.9 Å². The first kappa shape index (κ1) is 30.4. The minimum absolute atomic E-state index is 0.0993. The van der Waals surface area contributed by atoms with Gasteiger partial charge in [0.25, 0.3) is 11.2 Å². The fourth-order valence-corrected chi connectivity index (χ4v) is 5.88. The Balaban J connectivity index is 1.63. The first-order chi connectivity index (χ1) is 21.2. The Hall–Kier alpha value is -5.03. The lowest BCUT2D eigenvalue weighted by Gasteiger charge is -2.25. The minimum Gasteiger partial charge on any atom is -0.493 e. The highest BCUT2D eigenvalue weighted by atomic mass is 32.1. The zero-order valence-electron chi connectivity index (χ0n) is 24.7. The molecule has 0 saturated carbocycles. The molecule has 11 heteroatoms. The number of carbonyl (C=O) groups excluding carboxylic acids is 1.